The van der Waals surface area contributed by atoms with Gasteiger partial charge in [-0.25, -0.2) is 4.98 Å². The molecule has 2 aromatic rings. The van der Waals surface area contributed by atoms with Gasteiger partial charge in [0.05, 0.1) is 11.4 Å². The molecule has 158 valence electrons. The van der Waals surface area contributed by atoms with E-state index in [0.29, 0.717) is 48.6 Å². The molecular formula is C19H23F3N4O2S. The fraction of sp³-hybridized carbons (Fsp3) is 0.526. The van der Waals surface area contributed by atoms with Crippen molar-refractivity contribution in [3.63, 3.8) is 0 Å². The zero-order chi connectivity index (χ0) is 21.3. The summed E-state index contributed by atoms with van der Waals surface area (Å²) in [4.78, 5) is 34.6. The van der Waals surface area contributed by atoms with E-state index in [-0.39, 0.29) is 16.6 Å². The molecule has 1 aliphatic heterocycles. The largest absolute Gasteiger partial charge is 0.433 e. The Morgan fingerprint density at radius 2 is 1.90 bits per heavy atom. The molecule has 3 heterocycles. The quantitative estimate of drug-likeness (QED) is 0.755. The predicted molar refractivity (Wildman–Crippen MR) is 105 cm³/mol. The smallest absolute Gasteiger partial charge is 0.348 e. The summed E-state index contributed by atoms with van der Waals surface area (Å²) in [7, 11) is 3.41. The number of carbonyl (C=O) groups is 2. The number of carbonyl (C=O) groups excluding carboxylic acids is 2. The molecular weight excluding hydrogens is 405 g/mol. The summed E-state index contributed by atoms with van der Waals surface area (Å²) in [5, 5.41) is 0.569. The maximum absolute atomic E-state index is 13.1. The number of hydrogen-bond acceptors (Lipinski definition) is 5. The van der Waals surface area contributed by atoms with Crippen molar-refractivity contribution in [1.29, 1.82) is 0 Å². The highest BCUT2D eigenvalue weighted by Crippen LogP contribution is 2.34. The molecule has 3 rings (SSSR count). The summed E-state index contributed by atoms with van der Waals surface area (Å²) in [6.45, 7) is 4.34. The molecule has 10 heteroatoms. The number of aromatic nitrogens is 1. The van der Waals surface area contributed by atoms with Crippen molar-refractivity contribution < 1.29 is 22.8 Å². The van der Waals surface area contributed by atoms with E-state index in [4.69, 9.17) is 0 Å². The minimum Gasteiger partial charge on any atom is -0.348 e. The maximum atomic E-state index is 13.1. The third-order valence-corrected chi connectivity index (χ3v) is 6.21. The van der Waals surface area contributed by atoms with Crippen LogP contribution in [-0.4, -0.2) is 78.3 Å². The molecule has 2 amide bonds. The predicted octanol–water partition coefficient (Wildman–Crippen LogP) is 2.86. The van der Waals surface area contributed by atoms with Gasteiger partial charge in [0.25, 0.3) is 5.91 Å². The highest BCUT2D eigenvalue weighted by atomic mass is 32.1. The number of fused-ring (bicyclic) bond motifs is 1. The van der Waals surface area contributed by atoms with Gasteiger partial charge in [0.1, 0.15) is 10.5 Å². The highest BCUT2D eigenvalue weighted by molar-refractivity contribution is 7.20. The Kier molecular flexibility index (Phi) is 6.13. The fourth-order valence-electron chi connectivity index (χ4n) is 3.27. The van der Waals surface area contributed by atoms with Crippen molar-refractivity contribution in [2.24, 2.45) is 0 Å². The number of rotatable bonds is 3. The molecule has 0 aromatic carbocycles. The molecule has 2 aromatic heterocycles. The Hall–Kier alpha value is -2.20. The third-order valence-electron chi connectivity index (χ3n) is 5.02. The number of amides is 2. The van der Waals surface area contributed by atoms with E-state index in [2.05, 4.69) is 4.98 Å². The Labute approximate surface area is 170 Å². The molecule has 0 bridgehead atoms. The van der Waals surface area contributed by atoms with Crippen molar-refractivity contribution in [1.82, 2.24) is 19.7 Å². The Morgan fingerprint density at radius 1 is 1.17 bits per heavy atom. The van der Waals surface area contributed by atoms with Crippen LogP contribution in [0.1, 0.15) is 27.3 Å². The summed E-state index contributed by atoms with van der Waals surface area (Å²) in [5.41, 5.74) is -0.304. The van der Waals surface area contributed by atoms with E-state index in [0.717, 1.165) is 23.8 Å². The first kappa shape index (κ1) is 21.5. The van der Waals surface area contributed by atoms with Gasteiger partial charge in [-0.2, -0.15) is 13.2 Å². The standard InChI is InChI=1S/C19H23F3N4O2S/c1-12-13-5-6-14(19(20,21)22)23-17(13)29-16(12)18(28)26-8-4-7-25(9-10-26)11-15(27)24(2)3/h5-6H,4,7-11H2,1-3H3. The van der Waals surface area contributed by atoms with E-state index < -0.39 is 11.9 Å². The molecule has 0 unspecified atom stereocenters. The molecule has 6 nitrogen and oxygen atoms in total. The van der Waals surface area contributed by atoms with Gasteiger partial charge in [0.2, 0.25) is 5.91 Å². The van der Waals surface area contributed by atoms with Crippen molar-refractivity contribution >= 4 is 33.4 Å². The Morgan fingerprint density at radius 3 is 2.55 bits per heavy atom. The van der Waals surface area contributed by atoms with Crippen LogP contribution in [-0.2, 0) is 11.0 Å². The van der Waals surface area contributed by atoms with Crippen molar-refractivity contribution in [2.45, 2.75) is 19.5 Å². The first-order chi connectivity index (χ1) is 13.6. The Balaban J connectivity index is 1.77. The van der Waals surface area contributed by atoms with E-state index in [1.54, 1.807) is 25.9 Å². The molecule has 0 aliphatic carbocycles. The van der Waals surface area contributed by atoms with Gasteiger partial charge < -0.3 is 9.80 Å². The zero-order valence-corrected chi connectivity index (χ0v) is 17.4. The lowest BCUT2D eigenvalue weighted by molar-refractivity contribution is -0.141. The normalized spacial score (nSPS) is 16.1. The highest BCUT2D eigenvalue weighted by Gasteiger charge is 2.33. The van der Waals surface area contributed by atoms with Crippen LogP contribution in [0, 0.1) is 6.92 Å². The number of aryl methyl sites for hydroxylation is 1. The first-order valence-electron chi connectivity index (χ1n) is 9.27. The molecule has 0 spiro atoms. The van der Waals surface area contributed by atoms with E-state index in [9.17, 15) is 22.8 Å². The van der Waals surface area contributed by atoms with E-state index in [1.807, 2.05) is 4.90 Å². The van der Waals surface area contributed by atoms with Gasteiger partial charge in [-0.1, -0.05) is 0 Å². The summed E-state index contributed by atoms with van der Waals surface area (Å²) in [6, 6.07) is 2.33. The van der Waals surface area contributed by atoms with Crippen LogP contribution < -0.4 is 0 Å². The average molecular weight is 428 g/mol. The first-order valence-corrected chi connectivity index (χ1v) is 10.1. The number of pyridine rings is 1. The summed E-state index contributed by atoms with van der Waals surface area (Å²) in [5.74, 6) is -0.184. The SMILES string of the molecule is Cc1c(C(=O)N2CCCN(CC(=O)N(C)C)CC2)sc2nc(C(F)(F)F)ccc12. The number of alkyl halides is 3. The summed E-state index contributed by atoms with van der Waals surface area (Å²) < 4.78 is 38.8. The molecule has 1 saturated heterocycles. The molecule has 0 N–H and O–H groups in total. The van der Waals surface area contributed by atoms with Gasteiger partial charge in [-0.05, 0) is 31.0 Å². The van der Waals surface area contributed by atoms with Crippen LogP contribution in [0.3, 0.4) is 0 Å². The van der Waals surface area contributed by atoms with E-state index in [1.165, 1.54) is 11.0 Å². The second-order valence-electron chi connectivity index (χ2n) is 7.31. The lowest BCUT2D eigenvalue weighted by Crippen LogP contribution is -2.39. The number of thiophene rings is 1. The fourth-order valence-corrected chi connectivity index (χ4v) is 4.42. The number of hydrogen-bond donors (Lipinski definition) is 0. The third kappa shape index (κ3) is 4.69. The molecule has 0 saturated carbocycles. The minimum atomic E-state index is -4.52. The summed E-state index contributed by atoms with van der Waals surface area (Å²) in [6.07, 6.45) is -3.79. The van der Waals surface area contributed by atoms with Crippen molar-refractivity contribution in [3.05, 3.63) is 28.3 Å². The van der Waals surface area contributed by atoms with Gasteiger partial charge in [-0.15, -0.1) is 11.3 Å². The van der Waals surface area contributed by atoms with Crippen LogP contribution in [0.4, 0.5) is 13.2 Å². The molecule has 0 atom stereocenters. The number of likely N-dealkylation sites (N-methyl/N-ethyl adjacent to an activating group) is 1. The van der Waals surface area contributed by atoms with Crippen LogP contribution in [0.5, 0.6) is 0 Å². The number of nitrogens with zero attached hydrogens (tertiary/aromatic N) is 4. The number of halogens is 3. The maximum Gasteiger partial charge on any atom is 0.433 e. The van der Waals surface area contributed by atoms with Gasteiger partial charge in [-0.3, -0.25) is 14.5 Å². The second-order valence-corrected chi connectivity index (χ2v) is 8.31. The average Bonchev–Trinajstić information content (AvgIpc) is 2.82. The molecule has 29 heavy (non-hydrogen) atoms. The second kappa shape index (κ2) is 8.27. The lowest BCUT2D eigenvalue weighted by atomic mass is 10.1. The topological polar surface area (TPSA) is 56.8 Å². The molecule has 1 aliphatic rings. The van der Waals surface area contributed by atoms with Crippen molar-refractivity contribution in [2.75, 3.05) is 46.8 Å². The van der Waals surface area contributed by atoms with Crippen LogP contribution in [0.15, 0.2) is 12.1 Å². The van der Waals surface area contributed by atoms with Gasteiger partial charge in [0, 0.05) is 45.7 Å². The lowest BCUT2D eigenvalue weighted by Gasteiger charge is -2.22. The van der Waals surface area contributed by atoms with E-state index >= 15 is 0 Å². The zero-order valence-electron chi connectivity index (χ0n) is 16.5. The van der Waals surface area contributed by atoms with Crippen LogP contribution in [0.2, 0.25) is 0 Å². The van der Waals surface area contributed by atoms with Gasteiger partial charge >= 0.3 is 6.18 Å². The van der Waals surface area contributed by atoms with Crippen LogP contribution in [0.25, 0.3) is 10.2 Å². The van der Waals surface area contributed by atoms with Crippen molar-refractivity contribution in [3.8, 4) is 0 Å². The van der Waals surface area contributed by atoms with Gasteiger partial charge in [0.15, 0.2) is 0 Å². The minimum absolute atomic E-state index is 0.0108. The molecule has 1 fully saturated rings. The molecule has 0 radical (unpaired) electrons. The summed E-state index contributed by atoms with van der Waals surface area (Å²) >= 11 is 1.00. The Bertz CT molecular complexity index is 926. The van der Waals surface area contributed by atoms with Crippen LogP contribution >= 0.6 is 11.3 Å². The monoisotopic (exact) mass is 428 g/mol.